The van der Waals surface area contributed by atoms with Gasteiger partial charge in [0.1, 0.15) is 24.8 Å². The number of benzene rings is 1. The molecule has 0 amide bonds. The third-order valence-electron chi connectivity index (χ3n) is 3.19. The van der Waals surface area contributed by atoms with E-state index in [4.69, 9.17) is 14.3 Å². The Hall–Kier alpha value is -2.63. The molecule has 2 rings (SSSR count). The summed E-state index contributed by atoms with van der Waals surface area (Å²) < 4.78 is 23.3. The van der Waals surface area contributed by atoms with Gasteiger partial charge in [0, 0.05) is 5.69 Å². The van der Waals surface area contributed by atoms with E-state index in [1.54, 1.807) is 33.3 Å². The highest BCUT2D eigenvalue weighted by molar-refractivity contribution is 5.76. The summed E-state index contributed by atoms with van der Waals surface area (Å²) in [6.07, 6.45) is 1.45. The highest BCUT2D eigenvalue weighted by Crippen LogP contribution is 2.28. The Morgan fingerprint density at radius 1 is 1.17 bits per heavy atom. The molecule has 0 saturated carbocycles. The van der Waals surface area contributed by atoms with Gasteiger partial charge in [0.15, 0.2) is 0 Å². The first-order valence-corrected chi connectivity index (χ1v) is 7.06. The summed E-state index contributed by atoms with van der Waals surface area (Å²) in [7, 11) is 3.16. The van der Waals surface area contributed by atoms with Crippen LogP contribution in [0.15, 0.2) is 35.5 Å². The number of aryl methyl sites for hydroxylation is 1. The monoisotopic (exact) mass is 318 g/mol. The maximum absolute atomic E-state index is 12.7. The molecule has 0 aliphatic carbocycles. The normalized spacial score (nSPS) is 10.8. The molecule has 0 radical (unpaired) electrons. The number of nitrogens with zero attached hydrogens (tertiary/aromatic N) is 2. The summed E-state index contributed by atoms with van der Waals surface area (Å²) >= 11 is 0. The third-order valence-corrected chi connectivity index (χ3v) is 3.19. The van der Waals surface area contributed by atoms with Crippen LogP contribution in [-0.4, -0.2) is 25.4 Å². The number of aromatic nitrogens is 1. The Labute approximate surface area is 134 Å². The summed E-state index contributed by atoms with van der Waals surface area (Å²) in [5, 5.41) is 3.88. The minimum absolute atomic E-state index is 0.186. The van der Waals surface area contributed by atoms with Gasteiger partial charge in [-0.15, -0.1) is 0 Å². The van der Waals surface area contributed by atoms with Gasteiger partial charge in [-0.25, -0.2) is 4.39 Å². The average Bonchev–Trinajstić information content (AvgIpc) is 2.57. The van der Waals surface area contributed by atoms with Crippen molar-refractivity contribution in [2.75, 3.05) is 14.2 Å². The fourth-order valence-corrected chi connectivity index (χ4v) is 2.17. The van der Waals surface area contributed by atoms with Gasteiger partial charge in [-0.2, -0.15) is 0 Å². The molecule has 0 bridgehead atoms. The van der Waals surface area contributed by atoms with Crippen LogP contribution in [-0.2, 0) is 18.1 Å². The van der Waals surface area contributed by atoms with Gasteiger partial charge in [-0.1, -0.05) is 11.2 Å². The molecule has 6 heteroatoms. The summed E-state index contributed by atoms with van der Waals surface area (Å²) in [6, 6.07) is 8.79. The lowest BCUT2D eigenvalue weighted by Gasteiger charge is -2.11. The highest BCUT2D eigenvalue weighted by atomic mass is 19.1. The number of methoxy groups -OCH3 is 2. The van der Waals surface area contributed by atoms with Crippen molar-refractivity contribution in [3.05, 3.63) is 52.8 Å². The van der Waals surface area contributed by atoms with Gasteiger partial charge in [-0.3, -0.25) is 4.98 Å². The quantitative estimate of drug-likeness (QED) is 0.580. The van der Waals surface area contributed by atoms with Crippen molar-refractivity contribution >= 4 is 6.21 Å². The summed E-state index contributed by atoms with van der Waals surface area (Å²) in [6.45, 7) is 1.45. The maximum Gasteiger partial charge on any atom is 0.149 e. The van der Waals surface area contributed by atoms with Crippen molar-refractivity contribution in [2.24, 2.45) is 5.16 Å². The van der Waals surface area contributed by atoms with Gasteiger partial charge in [0.25, 0.3) is 0 Å². The minimum atomic E-state index is -0.538. The Morgan fingerprint density at radius 2 is 1.87 bits per heavy atom. The molecule has 0 atom stereocenters. The smallest absolute Gasteiger partial charge is 0.149 e. The van der Waals surface area contributed by atoms with Gasteiger partial charge in [0.05, 0.1) is 31.7 Å². The first kappa shape index (κ1) is 16.7. The van der Waals surface area contributed by atoms with Crippen LogP contribution in [0.25, 0.3) is 0 Å². The molecule has 0 fully saturated rings. The van der Waals surface area contributed by atoms with Gasteiger partial charge in [-0.05, 0) is 36.8 Å². The van der Waals surface area contributed by atoms with Crippen LogP contribution in [0.2, 0.25) is 0 Å². The van der Waals surface area contributed by atoms with Gasteiger partial charge >= 0.3 is 0 Å². The number of hydrogen-bond donors (Lipinski definition) is 0. The SMILES string of the molecule is COc1cccc(OC)c1CON=Cc1cc(CF)cc(C)n1. The molecule has 2 aromatic rings. The molecule has 0 unspecified atom stereocenters. The van der Waals surface area contributed by atoms with Crippen LogP contribution in [0.3, 0.4) is 0 Å². The Balaban J connectivity index is 2.06. The molecule has 0 aliphatic rings. The van der Waals surface area contributed by atoms with Crippen molar-refractivity contribution in [2.45, 2.75) is 20.2 Å². The number of pyridine rings is 1. The van der Waals surface area contributed by atoms with E-state index >= 15 is 0 Å². The molecular formula is C17H19FN2O3. The molecule has 1 aromatic heterocycles. The van der Waals surface area contributed by atoms with Crippen LogP contribution >= 0.6 is 0 Å². The summed E-state index contributed by atoms with van der Waals surface area (Å²) in [5.74, 6) is 1.32. The molecule has 23 heavy (non-hydrogen) atoms. The lowest BCUT2D eigenvalue weighted by atomic mass is 10.2. The van der Waals surface area contributed by atoms with Crippen molar-refractivity contribution in [3.63, 3.8) is 0 Å². The number of halogens is 1. The lowest BCUT2D eigenvalue weighted by Crippen LogP contribution is -1.98. The average molecular weight is 318 g/mol. The number of ether oxygens (including phenoxy) is 2. The summed E-state index contributed by atoms with van der Waals surface area (Å²) in [5.41, 5.74) is 2.60. The standard InChI is InChI=1S/C17H19FN2O3/c1-12-7-13(9-18)8-14(20-12)10-19-23-11-15-16(21-2)5-4-6-17(15)22-3/h4-8,10H,9,11H2,1-3H3. The van der Waals surface area contributed by atoms with E-state index in [1.807, 2.05) is 18.2 Å². The molecule has 0 aliphatic heterocycles. The van der Waals surface area contributed by atoms with Crippen molar-refractivity contribution in [1.82, 2.24) is 4.98 Å². The predicted octanol–water partition coefficient (Wildman–Crippen LogP) is 3.43. The molecule has 0 N–H and O–H groups in total. The number of rotatable bonds is 7. The van der Waals surface area contributed by atoms with Crippen molar-refractivity contribution in [1.29, 1.82) is 0 Å². The first-order chi connectivity index (χ1) is 11.2. The zero-order chi connectivity index (χ0) is 16.7. The Kier molecular flexibility index (Phi) is 5.91. The van der Waals surface area contributed by atoms with E-state index < -0.39 is 6.67 Å². The maximum atomic E-state index is 12.7. The molecule has 1 aromatic carbocycles. The van der Waals surface area contributed by atoms with Gasteiger partial charge in [0.2, 0.25) is 0 Å². The van der Waals surface area contributed by atoms with E-state index in [1.165, 1.54) is 6.21 Å². The van der Waals surface area contributed by atoms with Crippen LogP contribution in [0.1, 0.15) is 22.5 Å². The number of hydrogen-bond acceptors (Lipinski definition) is 5. The van der Waals surface area contributed by atoms with Crippen molar-refractivity contribution < 1.29 is 18.7 Å². The largest absolute Gasteiger partial charge is 0.496 e. The molecular weight excluding hydrogens is 299 g/mol. The second-order valence-electron chi connectivity index (χ2n) is 4.82. The first-order valence-electron chi connectivity index (χ1n) is 7.06. The third kappa shape index (κ3) is 4.42. The van der Waals surface area contributed by atoms with Crippen molar-refractivity contribution in [3.8, 4) is 11.5 Å². The molecule has 5 nitrogen and oxygen atoms in total. The second kappa shape index (κ2) is 8.12. The van der Waals surface area contributed by atoms with E-state index in [9.17, 15) is 4.39 Å². The van der Waals surface area contributed by atoms with E-state index in [2.05, 4.69) is 10.1 Å². The minimum Gasteiger partial charge on any atom is -0.496 e. The molecule has 0 saturated heterocycles. The van der Waals surface area contributed by atoms with E-state index in [-0.39, 0.29) is 6.61 Å². The van der Waals surface area contributed by atoms with Crippen LogP contribution in [0.4, 0.5) is 4.39 Å². The topological polar surface area (TPSA) is 52.9 Å². The molecule has 1 heterocycles. The van der Waals surface area contributed by atoms with Crippen LogP contribution in [0.5, 0.6) is 11.5 Å². The molecule has 122 valence electrons. The van der Waals surface area contributed by atoms with Crippen LogP contribution in [0, 0.1) is 6.92 Å². The zero-order valence-corrected chi connectivity index (χ0v) is 13.4. The van der Waals surface area contributed by atoms with Gasteiger partial charge < -0.3 is 14.3 Å². The Bertz CT molecular complexity index is 667. The van der Waals surface area contributed by atoms with E-state index in [0.717, 1.165) is 11.3 Å². The highest BCUT2D eigenvalue weighted by Gasteiger charge is 2.10. The van der Waals surface area contributed by atoms with Crippen LogP contribution < -0.4 is 9.47 Å². The Morgan fingerprint density at radius 3 is 2.48 bits per heavy atom. The van der Waals surface area contributed by atoms with E-state index in [0.29, 0.717) is 22.8 Å². The fourth-order valence-electron chi connectivity index (χ4n) is 2.17. The fraction of sp³-hybridized carbons (Fsp3) is 0.294. The second-order valence-corrected chi connectivity index (χ2v) is 4.82. The number of alkyl halides is 1. The zero-order valence-electron chi connectivity index (χ0n) is 13.4. The predicted molar refractivity (Wildman–Crippen MR) is 85.7 cm³/mol. The number of oxime groups is 1. The summed E-state index contributed by atoms with van der Waals surface area (Å²) in [4.78, 5) is 9.55. The molecule has 0 spiro atoms. The lowest BCUT2D eigenvalue weighted by molar-refractivity contribution is 0.127.